The summed E-state index contributed by atoms with van der Waals surface area (Å²) >= 11 is 0. The summed E-state index contributed by atoms with van der Waals surface area (Å²) in [4.78, 5) is 9.00. The second kappa shape index (κ2) is 8.22. The normalized spacial score (nSPS) is 15.2. The Bertz CT molecular complexity index is 875. The molecule has 2 aromatic heterocycles. The van der Waals surface area contributed by atoms with Crippen LogP contribution in [0, 0.1) is 0 Å². The number of anilines is 1. The van der Waals surface area contributed by atoms with Gasteiger partial charge in [0.15, 0.2) is 0 Å². The summed E-state index contributed by atoms with van der Waals surface area (Å²) in [5, 5.41) is 7.96. The lowest BCUT2D eigenvalue weighted by atomic mass is 10.3. The van der Waals surface area contributed by atoms with Crippen LogP contribution in [0.4, 0.5) is 5.82 Å². The number of benzene rings is 1. The summed E-state index contributed by atoms with van der Waals surface area (Å²) in [5.74, 6) is 3.43. The molecule has 3 aromatic rings. The van der Waals surface area contributed by atoms with Crippen LogP contribution in [0.3, 0.4) is 0 Å². The number of fused-ring (bicyclic) bond motifs is 1. The summed E-state index contributed by atoms with van der Waals surface area (Å²) in [6.45, 7) is 8.11. The predicted octanol–water partition coefficient (Wildman–Crippen LogP) is 1.72. The molecule has 0 spiro atoms. The van der Waals surface area contributed by atoms with E-state index >= 15 is 0 Å². The average molecular weight is 368 g/mol. The van der Waals surface area contributed by atoms with Gasteiger partial charge in [-0.2, -0.15) is 0 Å². The minimum Gasteiger partial charge on any atom is -0.494 e. The minimum absolute atomic E-state index is 0.637. The molecule has 3 heterocycles. The highest BCUT2D eigenvalue weighted by Crippen LogP contribution is 2.20. The molecule has 0 bridgehead atoms. The first kappa shape index (κ1) is 17.5. The molecule has 142 valence electrons. The van der Waals surface area contributed by atoms with Gasteiger partial charge in [0, 0.05) is 45.0 Å². The van der Waals surface area contributed by atoms with Crippen LogP contribution in [0.1, 0.15) is 6.92 Å². The third-order valence-electron chi connectivity index (χ3n) is 4.68. The van der Waals surface area contributed by atoms with Gasteiger partial charge in [-0.3, -0.25) is 9.30 Å². The molecule has 27 heavy (non-hydrogen) atoms. The van der Waals surface area contributed by atoms with Crippen molar-refractivity contribution in [3.63, 3.8) is 0 Å². The molecule has 0 atom stereocenters. The highest BCUT2D eigenvalue weighted by molar-refractivity contribution is 5.46. The van der Waals surface area contributed by atoms with E-state index in [2.05, 4.69) is 25.0 Å². The smallest absolute Gasteiger partial charge is 0.256 e. The van der Waals surface area contributed by atoms with E-state index in [1.54, 1.807) is 12.5 Å². The molecule has 4 rings (SSSR count). The monoisotopic (exact) mass is 368 g/mol. The average Bonchev–Trinajstić information content (AvgIpc) is 3.18. The molecule has 1 aromatic carbocycles. The largest absolute Gasteiger partial charge is 0.494 e. The SMILES string of the molecule is CCOc1cccc(OCCN2CCN(c3ccnc4nncn34)CC2)c1. The van der Waals surface area contributed by atoms with Gasteiger partial charge < -0.3 is 14.4 Å². The van der Waals surface area contributed by atoms with E-state index in [0.29, 0.717) is 19.0 Å². The number of aromatic nitrogens is 4. The maximum absolute atomic E-state index is 5.89. The van der Waals surface area contributed by atoms with Gasteiger partial charge >= 0.3 is 0 Å². The van der Waals surface area contributed by atoms with Crippen molar-refractivity contribution in [1.29, 1.82) is 0 Å². The van der Waals surface area contributed by atoms with E-state index < -0.39 is 0 Å². The Hall–Kier alpha value is -2.87. The lowest BCUT2D eigenvalue weighted by molar-refractivity contribution is 0.200. The Balaban J connectivity index is 1.26. The minimum atomic E-state index is 0.637. The van der Waals surface area contributed by atoms with Crippen molar-refractivity contribution in [1.82, 2.24) is 24.5 Å². The van der Waals surface area contributed by atoms with Crippen molar-refractivity contribution >= 4 is 11.6 Å². The van der Waals surface area contributed by atoms with Crippen LogP contribution in [0.2, 0.25) is 0 Å². The molecule has 0 saturated carbocycles. The third kappa shape index (κ3) is 4.11. The van der Waals surface area contributed by atoms with Crippen LogP contribution in [0.15, 0.2) is 42.9 Å². The van der Waals surface area contributed by atoms with Gasteiger partial charge in [-0.1, -0.05) is 6.07 Å². The van der Waals surface area contributed by atoms with E-state index in [9.17, 15) is 0 Å². The lowest BCUT2D eigenvalue weighted by Crippen LogP contribution is -2.48. The topological polar surface area (TPSA) is 68.0 Å². The number of hydrogen-bond acceptors (Lipinski definition) is 7. The van der Waals surface area contributed by atoms with Crippen molar-refractivity contribution < 1.29 is 9.47 Å². The Morgan fingerprint density at radius 3 is 2.67 bits per heavy atom. The van der Waals surface area contributed by atoms with Crippen molar-refractivity contribution in [2.75, 3.05) is 50.8 Å². The highest BCUT2D eigenvalue weighted by Gasteiger charge is 2.19. The number of nitrogens with zero attached hydrogens (tertiary/aromatic N) is 6. The summed E-state index contributed by atoms with van der Waals surface area (Å²) in [6, 6.07) is 9.82. The maximum Gasteiger partial charge on any atom is 0.256 e. The number of piperazine rings is 1. The molecular weight excluding hydrogens is 344 g/mol. The van der Waals surface area contributed by atoms with Crippen molar-refractivity contribution in [2.45, 2.75) is 6.92 Å². The lowest BCUT2D eigenvalue weighted by Gasteiger charge is -2.35. The molecule has 0 radical (unpaired) electrons. The maximum atomic E-state index is 5.89. The Morgan fingerprint density at radius 2 is 1.85 bits per heavy atom. The van der Waals surface area contributed by atoms with Crippen molar-refractivity contribution in [3.05, 3.63) is 42.9 Å². The second-order valence-electron chi connectivity index (χ2n) is 6.39. The van der Waals surface area contributed by atoms with Crippen LogP contribution in [0.5, 0.6) is 11.5 Å². The van der Waals surface area contributed by atoms with Crippen molar-refractivity contribution in [3.8, 4) is 11.5 Å². The summed E-state index contributed by atoms with van der Waals surface area (Å²) < 4.78 is 13.3. The standard InChI is InChI=1S/C19H24N6O2/c1-2-26-16-4-3-5-17(14-16)27-13-12-23-8-10-24(11-9-23)18-6-7-20-19-22-21-15-25(18)19/h3-7,14-15H,2,8-13H2,1H3. The van der Waals surface area contributed by atoms with E-state index in [4.69, 9.17) is 9.47 Å². The zero-order chi connectivity index (χ0) is 18.5. The molecule has 0 aliphatic carbocycles. The summed E-state index contributed by atoms with van der Waals surface area (Å²) in [5.41, 5.74) is 0. The van der Waals surface area contributed by atoms with Gasteiger partial charge in [0.05, 0.1) is 6.61 Å². The first-order valence-corrected chi connectivity index (χ1v) is 9.31. The van der Waals surface area contributed by atoms with Crippen LogP contribution in [0.25, 0.3) is 5.78 Å². The van der Waals surface area contributed by atoms with Crippen molar-refractivity contribution in [2.24, 2.45) is 0 Å². The molecule has 1 saturated heterocycles. The van der Waals surface area contributed by atoms with Gasteiger partial charge in [0.1, 0.15) is 30.3 Å². The van der Waals surface area contributed by atoms with E-state index in [1.807, 2.05) is 41.7 Å². The van der Waals surface area contributed by atoms with Gasteiger partial charge in [-0.15, -0.1) is 10.2 Å². The fourth-order valence-corrected chi connectivity index (χ4v) is 3.30. The summed E-state index contributed by atoms with van der Waals surface area (Å²) in [6.07, 6.45) is 3.50. The highest BCUT2D eigenvalue weighted by atomic mass is 16.5. The van der Waals surface area contributed by atoms with Crippen LogP contribution >= 0.6 is 0 Å². The quantitative estimate of drug-likeness (QED) is 0.629. The predicted molar refractivity (Wildman–Crippen MR) is 103 cm³/mol. The van der Waals surface area contributed by atoms with Gasteiger partial charge in [-0.25, -0.2) is 4.98 Å². The zero-order valence-electron chi connectivity index (χ0n) is 15.5. The van der Waals surface area contributed by atoms with Crippen LogP contribution in [-0.4, -0.2) is 70.4 Å². The molecule has 0 unspecified atom stereocenters. The molecule has 1 fully saturated rings. The number of rotatable bonds is 7. The molecule has 1 aliphatic rings. The fraction of sp³-hybridized carbons (Fsp3) is 0.421. The van der Waals surface area contributed by atoms with Crippen LogP contribution in [-0.2, 0) is 0 Å². The molecule has 0 amide bonds. The Kier molecular flexibility index (Phi) is 5.34. The Labute approximate surface area is 158 Å². The molecule has 1 aliphatic heterocycles. The Morgan fingerprint density at radius 1 is 1.04 bits per heavy atom. The first-order valence-electron chi connectivity index (χ1n) is 9.31. The molecular formula is C19H24N6O2. The molecule has 8 heteroatoms. The summed E-state index contributed by atoms with van der Waals surface area (Å²) in [7, 11) is 0. The zero-order valence-corrected chi connectivity index (χ0v) is 15.5. The third-order valence-corrected chi connectivity index (χ3v) is 4.68. The van der Waals surface area contributed by atoms with Gasteiger partial charge in [0.2, 0.25) is 0 Å². The second-order valence-corrected chi connectivity index (χ2v) is 6.39. The number of ether oxygens (including phenoxy) is 2. The van der Waals surface area contributed by atoms with E-state index in [-0.39, 0.29) is 0 Å². The first-order chi connectivity index (χ1) is 13.3. The van der Waals surface area contributed by atoms with Crippen LogP contribution < -0.4 is 14.4 Å². The van der Waals surface area contributed by atoms with Gasteiger partial charge in [-0.05, 0) is 25.1 Å². The van der Waals surface area contributed by atoms with E-state index in [0.717, 1.165) is 50.0 Å². The van der Waals surface area contributed by atoms with Gasteiger partial charge in [0.25, 0.3) is 5.78 Å². The molecule has 8 nitrogen and oxygen atoms in total. The van der Waals surface area contributed by atoms with E-state index in [1.165, 1.54) is 0 Å². The number of hydrogen-bond donors (Lipinski definition) is 0. The fourth-order valence-electron chi connectivity index (χ4n) is 3.30. The molecule has 0 N–H and O–H groups in total.